The second kappa shape index (κ2) is 13.3. The molecule has 0 heteroatoms. The zero-order chi connectivity index (χ0) is 36.3. The molecule has 0 N–H and O–H groups in total. The lowest BCUT2D eigenvalue weighted by Gasteiger charge is -2.59. The third-order valence-corrected chi connectivity index (χ3v) is 22.3. The predicted octanol–water partition coefficient (Wildman–Crippen LogP) is 15.3. The molecule has 0 saturated heterocycles. The Hall–Kier alpha value is 0. The Morgan fingerprint density at radius 2 is 1.00 bits per heavy atom. The molecule has 8 aliphatic carbocycles. The first-order valence-corrected chi connectivity index (χ1v) is 24.2. The molecule has 8 rings (SSSR count). The Bertz CT molecular complexity index is 1190. The molecule has 0 nitrogen and oxygen atoms in total. The van der Waals surface area contributed by atoms with Crippen LogP contribution in [0.5, 0.6) is 0 Å². The van der Waals surface area contributed by atoms with Gasteiger partial charge in [-0.25, -0.2) is 0 Å². The maximum absolute atomic E-state index is 2.86. The zero-order valence-corrected chi connectivity index (χ0v) is 36.3. The van der Waals surface area contributed by atoms with Crippen molar-refractivity contribution in [2.45, 2.75) is 205 Å². The van der Waals surface area contributed by atoms with Crippen LogP contribution in [0.3, 0.4) is 0 Å². The molecule has 0 amide bonds. The maximum Gasteiger partial charge on any atom is -0.0230 e. The van der Waals surface area contributed by atoms with Crippen LogP contribution in [0.4, 0.5) is 0 Å². The van der Waals surface area contributed by atoms with Crippen molar-refractivity contribution in [3.63, 3.8) is 0 Å². The molecule has 8 saturated carbocycles. The first kappa shape index (κ1) is 37.9. The molecule has 0 aromatic rings. The van der Waals surface area contributed by atoms with E-state index in [9.17, 15) is 0 Å². The van der Waals surface area contributed by atoms with Crippen molar-refractivity contribution in [1.82, 2.24) is 0 Å². The van der Waals surface area contributed by atoms with Gasteiger partial charge in [0.05, 0.1) is 0 Å². The van der Waals surface area contributed by atoms with Gasteiger partial charge in [0, 0.05) is 0 Å². The van der Waals surface area contributed by atoms with Gasteiger partial charge in [0.1, 0.15) is 0 Å². The van der Waals surface area contributed by atoms with E-state index >= 15 is 0 Å². The van der Waals surface area contributed by atoms with Gasteiger partial charge in [0.25, 0.3) is 0 Å². The van der Waals surface area contributed by atoms with E-state index in [1.165, 1.54) is 38.5 Å². The van der Waals surface area contributed by atoms with Crippen LogP contribution < -0.4 is 0 Å². The monoisotopic (exact) mass is 701 g/mol. The standard InChI is InChI=1S/C51H88/c1-12-49(10,13-2)35-29-36(50(11,14-3)15-4)31-51(30-35)41-25-21-33-28-34(47(5,6)7)22-24-37(33)43(41)45-42(51)27-26-40-44(45)39-23-20-32-18-16-17-19-38(32)46(39)48(40,8)9/h32-46H,12-31H2,1-11H3. The van der Waals surface area contributed by atoms with Crippen molar-refractivity contribution in [2.24, 2.45) is 116 Å². The molecule has 0 aliphatic heterocycles. The van der Waals surface area contributed by atoms with Gasteiger partial charge < -0.3 is 0 Å². The zero-order valence-electron chi connectivity index (χ0n) is 36.3. The highest BCUT2D eigenvalue weighted by Crippen LogP contribution is 2.79. The average molecular weight is 701 g/mol. The Morgan fingerprint density at radius 1 is 0.471 bits per heavy atom. The first-order valence-electron chi connectivity index (χ1n) is 24.2. The smallest absolute Gasteiger partial charge is 0.0230 e. The summed E-state index contributed by atoms with van der Waals surface area (Å²) < 4.78 is 0. The summed E-state index contributed by atoms with van der Waals surface area (Å²) in [4.78, 5) is 0. The molecule has 15 atom stereocenters. The lowest BCUT2D eigenvalue weighted by molar-refractivity contribution is -0.0936. The van der Waals surface area contributed by atoms with Gasteiger partial charge in [0.2, 0.25) is 0 Å². The lowest BCUT2D eigenvalue weighted by atomic mass is 9.46. The molecule has 8 fully saturated rings. The van der Waals surface area contributed by atoms with Crippen molar-refractivity contribution in [1.29, 1.82) is 0 Å². The number of fused-ring (bicyclic) bond motifs is 13. The van der Waals surface area contributed by atoms with Crippen LogP contribution >= 0.6 is 0 Å². The van der Waals surface area contributed by atoms with E-state index in [1.807, 2.05) is 0 Å². The summed E-state index contributed by atoms with van der Waals surface area (Å²) in [5.74, 6) is 15.4. The highest BCUT2D eigenvalue weighted by molar-refractivity contribution is 5.21. The molecule has 8 aliphatic rings. The summed E-state index contributed by atoms with van der Waals surface area (Å²) >= 11 is 0. The van der Waals surface area contributed by atoms with Crippen LogP contribution in [0, 0.1) is 116 Å². The molecule has 292 valence electrons. The third-order valence-electron chi connectivity index (χ3n) is 22.3. The minimum Gasteiger partial charge on any atom is -0.0649 e. The highest BCUT2D eigenvalue weighted by Gasteiger charge is 2.73. The van der Waals surface area contributed by atoms with Crippen LogP contribution in [0.15, 0.2) is 0 Å². The summed E-state index contributed by atoms with van der Waals surface area (Å²) in [6.07, 6.45) is 30.9. The van der Waals surface area contributed by atoms with Gasteiger partial charge in [-0.2, -0.15) is 0 Å². The fourth-order valence-corrected chi connectivity index (χ4v) is 18.8. The van der Waals surface area contributed by atoms with Gasteiger partial charge in [0.15, 0.2) is 0 Å². The van der Waals surface area contributed by atoms with E-state index in [1.54, 1.807) is 89.9 Å². The first-order chi connectivity index (χ1) is 24.2. The van der Waals surface area contributed by atoms with Gasteiger partial charge in [-0.3, -0.25) is 0 Å². The summed E-state index contributed by atoms with van der Waals surface area (Å²) in [5, 5.41) is 0. The van der Waals surface area contributed by atoms with Gasteiger partial charge in [-0.05, 0) is 199 Å². The molecule has 0 radical (unpaired) electrons. The summed E-state index contributed by atoms with van der Waals surface area (Å²) in [6.45, 7) is 29.3. The van der Waals surface area contributed by atoms with Gasteiger partial charge in [-0.1, -0.05) is 121 Å². The van der Waals surface area contributed by atoms with E-state index in [0.717, 1.165) is 88.8 Å². The average Bonchev–Trinajstić information content (AvgIpc) is 3.54. The highest BCUT2D eigenvalue weighted by atomic mass is 14.8. The molecule has 0 bridgehead atoms. The Kier molecular flexibility index (Phi) is 9.89. The Balaban J connectivity index is 1.25. The second-order valence-electron chi connectivity index (χ2n) is 24.3. The van der Waals surface area contributed by atoms with Crippen molar-refractivity contribution < 1.29 is 0 Å². The van der Waals surface area contributed by atoms with Gasteiger partial charge in [-0.15, -0.1) is 0 Å². The van der Waals surface area contributed by atoms with Crippen LogP contribution in [0.1, 0.15) is 205 Å². The SMILES string of the molecule is CCC(C)(CC)C1CC(C(C)(CC)CC)CC2(C1)C1CCC3CC(C(C)(C)C)CCC3C1C1C3C4CCC5CCCCC5C4C(C)(C)C3CCC12. The van der Waals surface area contributed by atoms with E-state index in [-0.39, 0.29) is 0 Å². The minimum absolute atomic E-state index is 0.484. The van der Waals surface area contributed by atoms with Crippen molar-refractivity contribution in [3.8, 4) is 0 Å². The quantitative estimate of drug-likeness (QED) is 0.259. The second-order valence-corrected chi connectivity index (χ2v) is 24.3. The Morgan fingerprint density at radius 3 is 1.63 bits per heavy atom. The molecular weight excluding hydrogens is 613 g/mol. The van der Waals surface area contributed by atoms with Crippen LogP contribution in [0.2, 0.25) is 0 Å². The fourth-order valence-electron chi connectivity index (χ4n) is 18.8. The summed E-state index contributed by atoms with van der Waals surface area (Å²) in [5.41, 5.74) is 2.70. The van der Waals surface area contributed by atoms with Crippen molar-refractivity contribution >= 4 is 0 Å². The molecule has 0 aromatic heterocycles. The van der Waals surface area contributed by atoms with E-state index in [4.69, 9.17) is 0 Å². The summed E-state index contributed by atoms with van der Waals surface area (Å²) in [7, 11) is 0. The molecule has 0 heterocycles. The number of hydrogen-bond donors (Lipinski definition) is 0. The molecule has 1 spiro atoms. The normalized spacial score (nSPS) is 49.4. The molecule has 51 heavy (non-hydrogen) atoms. The molecule has 0 aromatic carbocycles. The van der Waals surface area contributed by atoms with Crippen LogP contribution in [0.25, 0.3) is 0 Å². The topological polar surface area (TPSA) is 0 Å². The van der Waals surface area contributed by atoms with E-state index in [2.05, 4.69) is 76.2 Å². The lowest BCUT2D eigenvalue weighted by Crippen LogP contribution is -2.50. The van der Waals surface area contributed by atoms with Gasteiger partial charge >= 0.3 is 0 Å². The minimum atomic E-state index is 0.484. The van der Waals surface area contributed by atoms with Crippen LogP contribution in [-0.4, -0.2) is 0 Å². The van der Waals surface area contributed by atoms with E-state index in [0.29, 0.717) is 27.1 Å². The fraction of sp³-hybridized carbons (Fsp3) is 1.00. The van der Waals surface area contributed by atoms with Crippen molar-refractivity contribution in [3.05, 3.63) is 0 Å². The van der Waals surface area contributed by atoms with Crippen LogP contribution in [-0.2, 0) is 0 Å². The number of hydrogen-bond acceptors (Lipinski definition) is 0. The predicted molar refractivity (Wildman–Crippen MR) is 219 cm³/mol. The molecule has 15 unspecified atom stereocenters. The third kappa shape index (κ3) is 5.63. The number of rotatable bonds is 6. The van der Waals surface area contributed by atoms with Crippen molar-refractivity contribution in [2.75, 3.05) is 0 Å². The maximum atomic E-state index is 2.86. The Labute approximate surface area is 319 Å². The molecular formula is C51H88. The van der Waals surface area contributed by atoms with E-state index < -0.39 is 0 Å². The summed E-state index contributed by atoms with van der Waals surface area (Å²) in [6, 6.07) is 0. The largest absolute Gasteiger partial charge is 0.0649 e.